The fourth-order valence-electron chi connectivity index (χ4n) is 3.92. The summed E-state index contributed by atoms with van der Waals surface area (Å²) in [6, 6.07) is 11.1. The molecule has 2 heterocycles. The molecule has 186 valence electrons. The molecule has 0 bridgehead atoms. The van der Waals surface area contributed by atoms with Crippen LogP contribution < -0.4 is 31.6 Å². The molecule has 0 aliphatic carbocycles. The number of nitrogens with zero attached hydrogens (tertiary/aromatic N) is 5. The molecule has 1 unspecified atom stereocenters. The highest BCUT2D eigenvalue weighted by Gasteiger charge is 2.30. The Bertz CT molecular complexity index is 1520. The molecule has 6 N–H and O–H groups in total. The van der Waals surface area contributed by atoms with Gasteiger partial charge in [-0.2, -0.15) is 10.5 Å². The van der Waals surface area contributed by atoms with Gasteiger partial charge in [0.25, 0.3) is 5.69 Å². The van der Waals surface area contributed by atoms with Crippen molar-refractivity contribution in [2.75, 3.05) is 23.9 Å². The summed E-state index contributed by atoms with van der Waals surface area (Å²) in [6.07, 6.45) is 1.79. The second-order valence-electron chi connectivity index (χ2n) is 7.99. The molecule has 1 aromatic heterocycles. The first-order valence-electron chi connectivity index (χ1n) is 10.8. The van der Waals surface area contributed by atoms with Crippen LogP contribution in [0.2, 0.25) is 0 Å². The molecule has 1 atom stereocenters. The normalized spacial score (nSPS) is 13.7. The number of methoxy groups -OCH3 is 1. The van der Waals surface area contributed by atoms with Gasteiger partial charge in [0.15, 0.2) is 17.7 Å². The van der Waals surface area contributed by atoms with Crippen LogP contribution in [0.4, 0.5) is 23.0 Å². The van der Waals surface area contributed by atoms with Crippen molar-refractivity contribution >= 4 is 29.0 Å². The van der Waals surface area contributed by atoms with Gasteiger partial charge in [-0.3, -0.25) is 15.4 Å². The smallest absolute Gasteiger partial charge is 0.276 e. The number of nitro benzene ring substituents is 1. The Balaban J connectivity index is 1.72. The van der Waals surface area contributed by atoms with Gasteiger partial charge in [0.05, 0.1) is 23.3 Å². The highest BCUT2D eigenvalue weighted by atomic mass is 16.6. The van der Waals surface area contributed by atoms with Crippen LogP contribution in [-0.4, -0.2) is 23.0 Å². The first-order chi connectivity index (χ1) is 17.8. The predicted octanol–water partition coefficient (Wildman–Crippen LogP) is 2.86. The van der Waals surface area contributed by atoms with Crippen LogP contribution in [0, 0.1) is 39.8 Å². The number of hydrogen-bond acceptors (Lipinski definition) is 12. The van der Waals surface area contributed by atoms with Gasteiger partial charge >= 0.3 is 0 Å². The summed E-state index contributed by atoms with van der Waals surface area (Å²) in [5, 5.41) is 35.3. The van der Waals surface area contributed by atoms with Crippen molar-refractivity contribution in [2.24, 2.45) is 4.99 Å². The molecule has 0 amide bonds. The lowest BCUT2D eigenvalue weighted by atomic mass is 9.95. The van der Waals surface area contributed by atoms with Crippen LogP contribution >= 0.6 is 0 Å². The third kappa shape index (κ3) is 4.69. The van der Waals surface area contributed by atoms with Crippen LogP contribution in [0.5, 0.6) is 11.5 Å². The molecule has 2 aromatic carbocycles. The highest BCUT2D eigenvalue weighted by molar-refractivity contribution is 5.98. The number of pyridine rings is 1. The molecule has 0 radical (unpaired) electrons. The molecule has 3 aromatic rings. The summed E-state index contributed by atoms with van der Waals surface area (Å²) in [6.45, 7) is 1.72. The topological polar surface area (TPSA) is 211 Å². The molecule has 13 heteroatoms. The Morgan fingerprint density at radius 1 is 1.22 bits per heavy atom. The maximum Gasteiger partial charge on any atom is 0.276 e. The Morgan fingerprint density at radius 2 is 2.00 bits per heavy atom. The number of aryl methyl sites for hydroxylation is 1. The summed E-state index contributed by atoms with van der Waals surface area (Å²) >= 11 is 0. The third-order valence-electron chi connectivity index (χ3n) is 5.68. The summed E-state index contributed by atoms with van der Waals surface area (Å²) in [4.78, 5) is 19.7. The molecule has 0 fully saturated rings. The quantitative estimate of drug-likeness (QED) is 0.167. The van der Waals surface area contributed by atoms with Gasteiger partial charge in [-0.05, 0) is 36.2 Å². The zero-order valence-corrected chi connectivity index (χ0v) is 19.8. The highest BCUT2D eigenvalue weighted by Crippen LogP contribution is 2.42. The van der Waals surface area contributed by atoms with Crippen molar-refractivity contribution in [3.05, 3.63) is 74.3 Å². The summed E-state index contributed by atoms with van der Waals surface area (Å²) in [5.41, 5.74) is 14.4. The lowest BCUT2D eigenvalue weighted by Crippen LogP contribution is -2.32. The summed E-state index contributed by atoms with van der Waals surface area (Å²) < 4.78 is 11.4. The predicted molar refractivity (Wildman–Crippen MR) is 135 cm³/mol. The van der Waals surface area contributed by atoms with Crippen LogP contribution in [0.3, 0.4) is 0 Å². The Hall–Kier alpha value is -5.56. The Kier molecular flexibility index (Phi) is 6.62. The number of nitrogen functional groups attached to an aromatic ring is 2. The number of nitrogens with one attached hydrogen (secondary N) is 2. The standard InChI is InChI=1S/C24H21N9O4/c1-12-3-4-14(16(7-12)33(34)35)10-37-17-6-5-13(8-18(17)36-2)21-19-20(27)15(9-25)22(28)31-23(19)32-24(30-21)29-11-26/h3-8,21H,10H2,1-2H3,(H6,27,28,29,30,31,32). The molecule has 1 aliphatic heterocycles. The number of hydrogen-bond donors (Lipinski definition) is 4. The van der Waals surface area contributed by atoms with Crippen molar-refractivity contribution in [3.63, 3.8) is 0 Å². The molecule has 37 heavy (non-hydrogen) atoms. The lowest BCUT2D eigenvalue weighted by molar-refractivity contribution is -0.385. The van der Waals surface area contributed by atoms with Crippen molar-refractivity contribution in [1.82, 2.24) is 10.3 Å². The zero-order valence-electron chi connectivity index (χ0n) is 19.8. The summed E-state index contributed by atoms with van der Waals surface area (Å²) in [5.74, 6) is 0.977. The fraction of sp³-hybridized carbons (Fsp3) is 0.167. The van der Waals surface area contributed by atoms with E-state index in [-0.39, 0.29) is 41.1 Å². The van der Waals surface area contributed by atoms with Crippen molar-refractivity contribution in [1.29, 1.82) is 10.5 Å². The number of benzene rings is 2. The van der Waals surface area contributed by atoms with Crippen molar-refractivity contribution in [2.45, 2.75) is 19.6 Å². The number of anilines is 3. The van der Waals surface area contributed by atoms with Crippen LogP contribution in [0.1, 0.15) is 33.9 Å². The number of aliphatic imine (C=N–C) groups is 1. The van der Waals surface area contributed by atoms with Gasteiger partial charge in [0.1, 0.15) is 35.9 Å². The number of fused-ring (bicyclic) bond motifs is 1. The molecule has 0 saturated carbocycles. The van der Waals surface area contributed by atoms with Crippen LogP contribution in [0.15, 0.2) is 41.4 Å². The minimum absolute atomic E-state index is 0.0176. The van der Waals surface area contributed by atoms with E-state index in [2.05, 4.69) is 20.6 Å². The monoisotopic (exact) mass is 499 g/mol. The number of nitrogens with two attached hydrogens (primary N) is 2. The average molecular weight is 499 g/mol. The van der Waals surface area contributed by atoms with Crippen LogP contribution in [0.25, 0.3) is 0 Å². The van der Waals surface area contributed by atoms with E-state index in [0.29, 0.717) is 28.2 Å². The number of nitriles is 2. The van der Waals surface area contributed by atoms with E-state index in [0.717, 1.165) is 5.56 Å². The van der Waals surface area contributed by atoms with Crippen LogP contribution in [-0.2, 0) is 6.61 Å². The minimum Gasteiger partial charge on any atom is -0.493 e. The van der Waals surface area contributed by atoms with E-state index in [1.807, 2.05) is 6.07 Å². The molecular formula is C24H21N9O4. The lowest BCUT2D eigenvalue weighted by Gasteiger charge is -2.26. The number of aromatic nitrogens is 1. The number of guanidine groups is 1. The van der Waals surface area contributed by atoms with Gasteiger partial charge in [0.2, 0.25) is 5.96 Å². The second-order valence-corrected chi connectivity index (χ2v) is 7.99. The van der Waals surface area contributed by atoms with E-state index in [1.165, 1.54) is 13.2 Å². The molecule has 1 aliphatic rings. The van der Waals surface area contributed by atoms with E-state index in [9.17, 15) is 15.4 Å². The van der Waals surface area contributed by atoms with E-state index in [1.54, 1.807) is 43.4 Å². The first-order valence-corrected chi connectivity index (χ1v) is 10.8. The number of ether oxygens (including phenoxy) is 2. The van der Waals surface area contributed by atoms with Gasteiger partial charge in [-0.25, -0.2) is 9.98 Å². The van der Waals surface area contributed by atoms with Crippen molar-refractivity contribution in [3.8, 4) is 23.8 Å². The van der Waals surface area contributed by atoms with Gasteiger partial charge in [-0.1, -0.05) is 12.1 Å². The maximum absolute atomic E-state index is 11.4. The van der Waals surface area contributed by atoms with E-state index < -0.39 is 11.0 Å². The number of nitro groups is 1. The number of rotatable bonds is 6. The van der Waals surface area contributed by atoms with Gasteiger partial charge < -0.3 is 26.3 Å². The van der Waals surface area contributed by atoms with Gasteiger partial charge in [-0.15, -0.1) is 0 Å². The second kappa shape index (κ2) is 9.97. The minimum atomic E-state index is -0.770. The molecule has 13 nitrogen and oxygen atoms in total. The molecule has 4 rings (SSSR count). The fourth-order valence-corrected chi connectivity index (χ4v) is 3.92. The SMILES string of the molecule is COc1cc(C2N=C(NC#N)Nc3nc(N)c(C#N)c(N)c32)ccc1OCc1ccc(C)cc1[N+](=O)[O-]. The zero-order chi connectivity index (χ0) is 26.7. The Morgan fingerprint density at radius 3 is 2.68 bits per heavy atom. The van der Waals surface area contributed by atoms with E-state index in [4.69, 9.17) is 26.2 Å². The first kappa shape index (κ1) is 24.6. The summed E-state index contributed by atoms with van der Waals surface area (Å²) in [7, 11) is 1.45. The molecular weight excluding hydrogens is 478 g/mol. The maximum atomic E-state index is 11.4. The molecule has 0 saturated heterocycles. The largest absolute Gasteiger partial charge is 0.493 e. The average Bonchev–Trinajstić information content (AvgIpc) is 2.87. The third-order valence-corrected chi connectivity index (χ3v) is 5.68. The van der Waals surface area contributed by atoms with Crippen molar-refractivity contribution < 1.29 is 14.4 Å². The van der Waals surface area contributed by atoms with E-state index >= 15 is 0 Å². The Labute approximate surface area is 211 Å². The molecule has 0 spiro atoms. The van der Waals surface area contributed by atoms with Gasteiger partial charge in [0, 0.05) is 11.6 Å².